The summed E-state index contributed by atoms with van der Waals surface area (Å²) in [6.45, 7) is 5.67. The van der Waals surface area contributed by atoms with E-state index >= 15 is 0 Å². The molecule has 1 aromatic carbocycles. The zero-order valence-electron chi connectivity index (χ0n) is 12.7. The van der Waals surface area contributed by atoms with Gasteiger partial charge in [0.25, 0.3) is 0 Å². The minimum absolute atomic E-state index is 0.594. The third kappa shape index (κ3) is 4.83. The fraction of sp³-hybridized carbons (Fsp3) is 0.533. The number of aryl methyl sites for hydroxylation is 2. The van der Waals surface area contributed by atoms with Crippen LogP contribution >= 0.6 is 0 Å². The molecule has 0 amide bonds. The molecule has 0 aliphatic rings. The first kappa shape index (κ1) is 16.5. The summed E-state index contributed by atoms with van der Waals surface area (Å²) in [5.74, 6) is 6.14. The number of nitrogens with one attached hydrogen (secondary N) is 2. The number of ether oxygens (including phenoxy) is 1. The van der Waals surface area contributed by atoms with Crippen molar-refractivity contribution in [2.75, 3.05) is 25.6 Å². The monoisotopic (exact) mass is 278 g/mol. The summed E-state index contributed by atoms with van der Waals surface area (Å²) in [6, 6.07) is 6.34. The van der Waals surface area contributed by atoms with Crippen LogP contribution in [0.1, 0.15) is 31.4 Å². The van der Waals surface area contributed by atoms with Crippen LogP contribution in [0, 0.1) is 0 Å². The third-order valence-electron chi connectivity index (χ3n) is 3.16. The third-order valence-corrected chi connectivity index (χ3v) is 3.16. The van der Waals surface area contributed by atoms with Crippen LogP contribution in [0.2, 0.25) is 0 Å². The molecule has 0 aliphatic carbocycles. The van der Waals surface area contributed by atoms with Gasteiger partial charge < -0.3 is 10.1 Å². The summed E-state index contributed by atoms with van der Waals surface area (Å²) in [4.78, 5) is 4.42. The number of hydrogen-bond donors (Lipinski definition) is 3. The van der Waals surface area contributed by atoms with Crippen molar-refractivity contribution in [2.24, 2.45) is 10.8 Å². The Morgan fingerprint density at radius 1 is 1.25 bits per heavy atom. The summed E-state index contributed by atoms with van der Waals surface area (Å²) < 4.78 is 5.01. The van der Waals surface area contributed by atoms with Gasteiger partial charge in [-0.3, -0.25) is 10.4 Å². The van der Waals surface area contributed by atoms with Crippen molar-refractivity contribution < 1.29 is 4.74 Å². The molecule has 0 bridgehead atoms. The normalized spacial score (nSPS) is 11.5. The van der Waals surface area contributed by atoms with E-state index in [4.69, 9.17) is 10.6 Å². The van der Waals surface area contributed by atoms with Crippen LogP contribution in [-0.4, -0.2) is 26.2 Å². The maximum absolute atomic E-state index is 5.54. The molecule has 0 radical (unpaired) electrons. The molecule has 0 aliphatic heterocycles. The zero-order chi connectivity index (χ0) is 14.8. The SMILES string of the molecule is CCc1cccc(CC)c1NC(=NCCCOC)NN. The largest absolute Gasteiger partial charge is 0.385 e. The highest BCUT2D eigenvalue weighted by Gasteiger charge is 2.07. The van der Waals surface area contributed by atoms with Crippen molar-refractivity contribution >= 4 is 11.6 Å². The van der Waals surface area contributed by atoms with Crippen LogP contribution in [-0.2, 0) is 17.6 Å². The minimum atomic E-state index is 0.594. The van der Waals surface area contributed by atoms with E-state index in [9.17, 15) is 0 Å². The molecule has 0 unspecified atom stereocenters. The predicted octanol–water partition coefficient (Wildman–Crippen LogP) is 2.08. The smallest absolute Gasteiger partial charge is 0.210 e. The number of rotatable bonds is 7. The Morgan fingerprint density at radius 3 is 2.40 bits per heavy atom. The van der Waals surface area contributed by atoms with Crippen molar-refractivity contribution in [3.8, 4) is 0 Å². The van der Waals surface area contributed by atoms with Gasteiger partial charge in [0.2, 0.25) is 5.96 Å². The molecule has 0 aromatic heterocycles. The van der Waals surface area contributed by atoms with Crippen LogP contribution in [0.5, 0.6) is 0 Å². The lowest BCUT2D eigenvalue weighted by molar-refractivity contribution is 0.197. The molecule has 5 nitrogen and oxygen atoms in total. The lowest BCUT2D eigenvalue weighted by Crippen LogP contribution is -2.37. The number of hydrazine groups is 1. The number of benzene rings is 1. The molecular formula is C15H26N4O. The number of nitrogens with zero attached hydrogens (tertiary/aromatic N) is 1. The standard InChI is InChI=1S/C15H26N4O/c1-4-12-8-6-9-13(5-2)14(12)18-15(19-16)17-10-7-11-20-3/h6,8-9H,4-5,7,10-11,16H2,1-3H3,(H2,17,18,19). The average molecular weight is 278 g/mol. The Kier molecular flexibility index (Phi) is 7.69. The van der Waals surface area contributed by atoms with Gasteiger partial charge in [0, 0.05) is 25.9 Å². The molecule has 5 heteroatoms. The summed E-state index contributed by atoms with van der Waals surface area (Å²) >= 11 is 0. The van der Waals surface area contributed by atoms with E-state index in [1.54, 1.807) is 7.11 Å². The first-order valence-corrected chi connectivity index (χ1v) is 7.14. The number of aliphatic imine (C=N–C) groups is 1. The molecule has 1 aromatic rings. The van der Waals surface area contributed by atoms with Gasteiger partial charge in [0.05, 0.1) is 0 Å². The van der Waals surface area contributed by atoms with Gasteiger partial charge in [-0.05, 0) is 30.4 Å². The predicted molar refractivity (Wildman–Crippen MR) is 84.9 cm³/mol. The average Bonchev–Trinajstić information content (AvgIpc) is 2.50. The van der Waals surface area contributed by atoms with Crippen LogP contribution in [0.3, 0.4) is 0 Å². The number of guanidine groups is 1. The second-order valence-electron chi connectivity index (χ2n) is 4.50. The zero-order valence-corrected chi connectivity index (χ0v) is 12.7. The summed E-state index contributed by atoms with van der Waals surface area (Å²) in [6.07, 6.45) is 2.81. The Labute approximate surface area is 121 Å². The van der Waals surface area contributed by atoms with Gasteiger partial charge in [-0.1, -0.05) is 32.0 Å². The lowest BCUT2D eigenvalue weighted by Gasteiger charge is -2.16. The van der Waals surface area contributed by atoms with Gasteiger partial charge in [-0.25, -0.2) is 5.84 Å². The first-order chi connectivity index (χ1) is 9.76. The van der Waals surface area contributed by atoms with Crippen molar-refractivity contribution in [3.63, 3.8) is 0 Å². The Balaban J connectivity index is 2.83. The molecule has 112 valence electrons. The molecule has 0 saturated carbocycles. The van der Waals surface area contributed by atoms with E-state index in [1.807, 2.05) is 0 Å². The van der Waals surface area contributed by atoms with E-state index in [-0.39, 0.29) is 0 Å². The topological polar surface area (TPSA) is 71.7 Å². The molecule has 20 heavy (non-hydrogen) atoms. The highest BCUT2D eigenvalue weighted by molar-refractivity contribution is 5.94. The van der Waals surface area contributed by atoms with Crippen LogP contribution in [0.15, 0.2) is 23.2 Å². The quantitative estimate of drug-likeness (QED) is 0.235. The molecule has 1 rings (SSSR count). The van der Waals surface area contributed by atoms with Crippen molar-refractivity contribution in [1.29, 1.82) is 0 Å². The number of para-hydroxylation sites is 1. The molecule has 0 atom stereocenters. The van der Waals surface area contributed by atoms with Gasteiger partial charge in [0.15, 0.2) is 0 Å². The van der Waals surface area contributed by atoms with Gasteiger partial charge in [-0.2, -0.15) is 0 Å². The number of methoxy groups -OCH3 is 1. The fourth-order valence-corrected chi connectivity index (χ4v) is 2.04. The van der Waals surface area contributed by atoms with Crippen molar-refractivity contribution in [3.05, 3.63) is 29.3 Å². The number of anilines is 1. The second kappa shape index (κ2) is 9.34. The second-order valence-corrected chi connectivity index (χ2v) is 4.50. The van der Waals surface area contributed by atoms with Crippen LogP contribution in [0.25, 0.3) is 0 Å². The van der Waals surface area contributed by atoms with Crippen molar-refractivity contribution in [1.82, 2.24) is 5.43 Å². The summed E-state index contributed by atoms with van der Waals surface area (Å²) in [5.41, 5.74) is 6.28. The van der Waals surface area contributed by atoms with E-state index in [0.29, 0.717) is 19.1 Å². The van der Waals surface area contributed by atoms with Gasteiger partial charge >= 0.3 is 0 Å². The lowest BCUT2D eigenvalue weighted by atomic mass is 10.0. The molecule has 4 N–H and O–H groups in total. The molecule has 0 saturated heterocycles. The molecule has 0 spiro atoms. The summed E-state index contributed by atoms with van der Waals surface area (Å²) in [5, 5.41) is 3.32. The number of nitrogens with two attached hydrogens (primary N) is 1. The van der Waals surface area contributed by atoms with Crippen LogP contribution in [0.4, 0.5) is 5.69 Å². The van der Waals surface area contributed by atoms with E-state index < -0.39 is 0 Å². The highest BCUT2D eigenvalue weighted by atomic mass is 16.5. The molecule has 0 heterocycles. The highest BCUT2D eigenvalue weighted by Crippen LogP contribution is 2.22. The van der Waals surface area contributed by atoms with E-state index in [2.05, 4.69) is 47.8 Å². The van der Waals surface area contributed by atoms with Crippen molar-refractivity contribution in [2.45, 2.75) is 33.1 Å². The first-order valence-electron chi connectivity index (χ1n) is 7.14. The fourth-order valence-electron chi connectivity index (χ4n) is 2.04. The maximum Gasteiger partial charge on any atom is 0.210 e. The Morgan fingerprint density at radius 2 is 1.90 bits per heavy atom. The van der Waals surface area contributed by atoms with E-state index in [1.165, 1.54) is 11.1 Å². The number of hydrogen-bond acceptors (Lipinski definition) is 3. The maximum atomic E-state index is 5.54. The Bertz CT molecular complexity index is 410. The van der Waals surface area contributed by atoms with E-state index in [0.717, 1.165) is 24.9 Å². The molecule has 0 fully saturated rings. The van der Waals surface area contributed by atoms with Crippen LogP contribution < -0.4 is 16.6 Å². The summed E-state index contributed by atoms with van der Waals surface area (Å²) in [7, 11) is 1.69. The molecular weight excluding hydrogens is 252 g/mol. The minimum Gasteiger partial charge on any atom is -0.385 e. The van der Waals surface area contributed by atoms with Gasteiger partial charge in [-0.15, -0.1) is 0 Å². The Hall–Kier alpha value is -1.59. The van der Waals surface area contributed by atoms with Gasteiger partial charge in [0.1, 0.15) is 0 Å².